The van der Waals surface area contributed by atoms with Crippen molar-refractivity contribution in [2.45, 2.75) is 20.8 Å². The number of halogens is 1. The molecule has 0 radical (unpaired) electrons. The average molecular weight is 386 g/mol. The topological polar surface area (TPSA) is 45.2 Å². The lowest BCUT2D eigenvalue weighted by Crippen LogP contribution is -2.34. The molecule has 1 N–H and O–H groups in total. The second kappa shape index (κ2) is 7.89. The Hall–Kier alpha value is -2.37. The molecule has 2 aromatic carbocycles. The standard InChI is InChI=1S/C20H20ClN3OS/c1-4-24(19(25)22-17-10-7-14(3)11-16(17)21)20-23-18(12-26-20)15-8-5-13(2)6-9-15/h5-12H,4H2,1-3H3,(H,22,25). The van der Waals surface area contributed by atoms with Crippen molar-refractivity contribution in [1.82, 2.24) is 4.98 Å². The van der Waals surface area contributed by atoms with Crippen molar-refractivity contribution >= 4 is 39.8 Å². The molecule has 0 spiro atoms. The minimum absolute atomic E-state index is 0.247. The number of thiazole rings is 1. The van der Waals surface area contributed by atoms with Crippen LogP contribution in [-0.4, -0.2) is 17.6 Å². The van der Waals surface area contributed by atoms with Crippen LogP contribution in [-0.2, 0) is 0 Å². The van der Waals surface area contributed by atoms with E-state index in [2.05, 4.69) is 29.4 Å². The predicted molar refractivity (Wildman–Crippen MR) is 111 cm³/mol. The number of hydrogen-bond acceptors (Lipinski definition) is 3. The molecular weight excluding hydrogens is 366 g/mol. The number of rotatable bonds is 4. The first-order valence-corrected chi connectivity index (χ1v) is 9.61. The molecule has 0 unspecified atom stereocenters. The van der Waals surface area contributed by atoms with E-state index in [1.165, 1.54) is 16.9 Å². The molecule has 3 aromatic rings. The highest BCUT2D eigenvalue weighted by Gasteiger charge is 2.19. The number of nitrogens with one attached hydrogen (secondary N) is 1. The summed E-state index contributed by atoms with van der Waals surface area (Å²) in [5.74, 6) is 0. The van der Waals surface area contributed by atoms with Gasteiger partial charge in [0.1, 0.15) is 0 Å². The summed E-state index contributed by atoms with van der Waals surface area (Å²) < 4.78 is 0. The van der Waals surface area contributed by atoms with Crippen LogP contribution < -0.4 is 10.2 Å². The molecule has 2 amide bonds. The molecule has 0 fully saturated rings. The first kappa shape index (κ1) is 18.4. The predicted octanol–water partition coefficient (Wildman–Crippen LogP) is 6.14. The first-order chi connectivity index (χ1) is 12.5. The Kier molecular flexibility index (Phi) is 5.59. The molecule has 1 aromatic heterocycles. The van der Waals surface area contributed by atoms with Crippen molar-refractivity contribution in [3.05, 3.63) is 64.0 Å². The number of nitrogens with zero attached hydrogens (tertiary/aromatic N) is 2. The largest absolute Gasteiger partial charge is 0.328 e. The Balaban J connectivity index is 1.80. The van der Waals surface area contributed by atoms with Gasteiger partial charge in [0.2, 0.25) is 0 Å². The van der Waals surface area contributed by atoms with Crippen molar-refractivity contribution < 1.29 is 4.79 Å². The van der Waals surface area contributed by atoms with Gasteiger partial charge in [0.25, 0.3) is 0 Å². The molecule has 26 heavy (non-hydrogen) atoms. The number of hydrogen-bond donors (Lipinski definition) is 1. The molecule has 3 rings (SSSR count). The minimum atomic E-state index is -0.247. The number of anilines is 2. The van der Waals surface area contributed by atoms with Crippen LogP contribution in [0.15, 0.2) is 47.8 Å². The third-order valence-electron chi connectivity index (χ3n) is 4.00. The highest BCUT2D eigenvalue weighted by molar-refractivity contribution is 7.14. The van der Waals surface area contributed by atoms with E-state index in [0.29, 0.717) is 22.4 Å². The van der Waals surface area contributed by atoms with Gasteiger partial charge in [-0.3, -0.25) is 4.90 Å². The second-order valence-corrected chi connectivity index (χ2v) is 7.28. The summed E-state index contributed by atoms with van der Waals surface area (Å²) in [5.41, 5.74) is 4.74. The van der Waals surface area contributed by atoms with Gasteiger partial charge in [0, 0.05) is 17.5 Å². The summed E-state index contributed by atoms with van der Waals surface area (Å²) in [6.07, 6.45) is 0. The fraction of sp³-hybridized carbons (Fsp3) is 0.200. The normalized spacial score (nSPS) is 10.6. The molecule has 0 saturated heterocycles. The van der Waals surface area contributed by atoms with E-state index >= 15 is 0 Å². The summed E-state index contributed by atoms with van der Waals surface area (Å²) in [6, 6.07) is 13.5. The third kappa shape index (κ3) is 4.06. The van der Waals surface area contributed by atoms with Gasteiger partial charge >= 0.3 is 6.03 Å². The van der Waals surface area contributed by atoms with Gasteiger partial charge in [-0.15, -0.1) is 11.3 Å². The quantitative estimate of drug-likeness (QED) is 0.586. The van der Waals surface area contributed by atoms with Crippen molar-refractivity contribution in [1.29, 1.82) is 0 Å². The van der Waals surface area contributed by atoms with Gasteiger partial charge in [-0.2, -0.15) is 0 Å². The Bertz CT molecular complexity index is 921. The van der Waals surface area contributed by atoms with Crippen LogP contribution in [0.1, 0.15) is 18.1 Å². The Morgan fingerprint density at radius 1 is 1.15 bits per heavy atom. The molecular formula is C20H20ClN3OS. The zero-order valence-electron chi connectivity index (χ0n) is 14.9. The number of aryl methyl sites for hydroxylation is 2. The van der Waals surface area contributed by atoms with Crippen LogP contribution in [0.4, 0.5) is 15.6 Å². The summed E-state index contributed by atoms with van der Waals surface area (Å²) in [4.78, 5) is 18.9. The lowest BCUT2D eigenvalue weighted by molar-refractivity contribution is 0.257. The average Bonchev–Trinajstić information content (AvgIpc) is 3.08. The summed E-state index contributed by atoms with van der Waals surface area (Å²) in [5, 5.41) is 6.01. The third-order valence-corrected chi connectivity index (χ3v) is 5.17. The maximum absolute atomic E-state index is 12.7. The monoisotopic (exact) mass is 385 g/mol. The lowest BCUT2D eigenvalue weighted by Gasteiger charge is -2.19. The molecule has 0 bridgehead atoms. The minimum Gasteiger partial charge on any atom is -0.306 e. The molecule has 4 nitrogen and oxygen atoms in total. The van der Waals surface area contributed by atoms with Crippen molar-refractivity contribution in [2.75, 3.05) is 16.8 Å². The molecule has 0 aliphatic rings. The number of carbonyl (C=O) groups excluding carboxylic acids is 1. The summed E-state index contributed by atoms with van der Waals surface area (Å²) in [6.45, 7) is 6.44. The number of aromatic nitrogens is 1. The highest BCUT2D eigenvalue weighted by Crippen LogP contribution is 2.29. The summed E-state index contributed by atoms with van der Waals surface area (Å²) >= 11 is 7.67. The van der Waals surface area contributed by atoms with Crippen LogP contribution in [0.2, 0.25) is 5.02 Å². The zero-order valence-corrected chi connectivity index (χ0v) is 16.5. The van der Waals surface area contributed by atoms with Crippen molar-refractivity contribution in [3.8, 4) is 11.3 Å². The fourth-order valence-electron chi connectivity index (χ4n) is 2.52. The van der Waals surface area contributed by atoms with Crippen molar-refractivity contribution in [3.63, 3.8) is 0 Å². The smallest absolute Gasteiger partial charge is 0.306 e. The Morgan fingerprint density at radius 2 is 1.85 bits per heavy atom. The van der Waals surface area contributed by atoms with Crippen molar-refractivity contribution in [2.24, 2.45) is 0 Å². The maximum atomic E-state index is 12.7. The number of benzene rings is 2. The van der Waals surface area contributed by atoms with E-state index in [-0.39, 0.29) is 6.03 Å². The van der Waals surface area contributed by atoms with E-state index in [1.807, 2.05) is 49.6 Å². The van der Waals surface area contributed by atoms with Crippen LogP contribution in [0.25, 0.3) is 11.3 Å². The second-order valence-electron chi connectivity index (χ2n) is 6.04. The van der Waals surface area contributed by atoms with Gasteiger partial charge in [0.15, 0.2) is 5.13 Å². The molecule has 0 aliphatic carbocycles. The maximum Gasteiger partial charge on any atom is 0.328 e. The van der Waals surface area contributed by atoms with E-state index in [0.717, 1.165) is 16.8 Å². The van der Waals surface area contributed by atoms with Crippen LogP contribution in [0.3, 0.4) is 0 Å². The van der Waals surface area contributed by atoms with E-state index < -0.39 is 0 Å². The molecule has 1 heterocycles. The van der Waals surface area contributed by atoms with Gasteiger partial charge in [-0.1, -0.05) is 47.5 Å². The molecule has 0 saturated carbocycles. The van der Waals surface area contributed by atoms with Crippen LogP contribution in [0, 0.1) is 13.8 Å². The molecule has 134 valence electrons. The zero-order chi connectivity index (χ0) is 18.7. The molecule has 0 aliphatic heterocycles. The number of amides is 2. The summed E-state index contributed by atoms with van der Waals surface area (Å²) in [7, 11) is 0. The van der Waals surface area contributed by atoms with E-state index in [1.54, 1.807) is 4.90 Å². The SMILES string of the molecule is CCN(C(=O)Nc1ccc(C)cc1Cl)c1nc(-c2ccc(C)cc2)cs1. The Morgan fingerprint density at radius 3 is 2.50 bits per heavy atom. The molecule has 0 atom stereocenters. The highest BCUT2D eigenvalue weighted by atomic mass is 35.5. The van der Waals surface area contributed by atoms with Crippen LogP contribution >= 0.6 is 22.9 Å². The fourth-order valence-corrected chi connectivity index (χ4v) is 3.69. The van der Waals surface area contributed by atoms with Gasteiger partial charge < -0.3 is 5.32 Å². The number of carbonyl (C=O) groups is 1. The lowest BCUT2D eigenvalue weighted by atomic mass is 10.1. The van der Waals surface area contributed by atoms with Gasteiger partial charge in [-0.05, 0) is 38.5 Å². The molecule has 6 heteroatoms. The Labute approximate surface area is 162 Å². The first-order valence-electron chi connectivity index (χ1n) is 8.35. The van der Waals surface area contributed by atoms with Gasteiger partial charge in [-0.25, -0.2) is 9.78 Å². The number of urea groups is 1. The van der Waals surface area contributed by atoms with Crippen LogP contribution in [0.5, 0.6) is 0 Å². The van der Waals surface area contributed by atoms with Gasteiger partial charge in [0.05, 0.1) is 16.4 Å². The van der Waals surface area contributed by atoms with E-state index in [4.69, 9.17) is 11.6 Å². The van der Waals surface area contributed by atoms with E-state index in [9.17, 15) is 4.79 Å².